The zero-order valence-corrected chi connectivity index (χ0v) is 8.93. The molecule has 0 unspecified atom stereocenters. The van der Waals surface area contributed by atoms with E-state index in [1.165, 1.54) is 0 Å². The first kappa shape index (κ1) is 10.5. The number of aromatic carboxylic acids is 1. The molecule has 3 heteroatoms. The maximum atomic E-state index is 10.8. The Labute approximate surface area is 93.3 Å². The average Bonchev–Trinajstić information content (AvgIpc) is 2.77. The van der Waals surface area contributed by atoms with Crippen molar-refractivity contribution in [1.82, 2.24) is 0 Å². The minimum Gasteiger partial charge on any atom is -0.478 e. The van der Waals surface area contributed by atoms with Crippen molar-refractivity contribution in [2.24, 2.45) is 0 Å². The van der Waals surface area contributed by atoms with Crippen LogP contribution in [0.5, 0.6) is 0 Å². The van der Waals surface area contributed by atoms with Crippen LogP contribution in [-0.2, 0) is 6.42 Å². The molecule has 0 spiro atoms. The molecule has 0 aliphatic carbocycles. The van der Waals surface area contributed by atoms with E-state index in [9.17, 15) is 4.79 Å². The summed E-state index contributed by atoms with van der Waals surface area (Å²) in [5.74, 6) is -0.0169. The van der Waals surface area contributed by atoms with Crippen molar-refractivity contribution in [3.63, 3.8) is 0 Å². The Morgan fingerprint density at radius 2 is 2.12 bits per heavy atom. The highest BCUT2D eigenvalue weighted by Crippen LogP contribution is 2.23. The van der Waals surface area contributed by atoms with Gasteiger partial charge in [0.25, 0.3) is 0 Å². The molecular formula is C13H12O3. The first-order valence-electron chi connectivity index (χ1n) is 5.12. The van der Waals surface area contributed by atoms with E-state index in [-0.39, 0.29) is 5.56 Å². The first-order chi connectivity index (χ1) is 7.70. The Morgan fingerprint density at radius 3 is 2.75 bits per heavy atom. The highest BCUT2D eigenvalue weighted by Gasteiger charge is 2.06. The SMILES string of the molecule is CCc1cc(-c2cccc(C(=O)O)c2)co1. The van der Waals surface area contributed by atoms with Gasteiger partial charge in [-0.3, -0.25) is 0 Å². The Balaban J connectivity index is 2.40. The monoisotopic (exact) mass is 216 g/mol. The summed E-state index contributed by atoms with van der Waals surface area (Å²) in [5.41, 5.74) is 2.07. The van der Waals surface area contributed by atoms with Crippen molar-refractivity contribution < 1.29 is 14.3 Å². The number of hydrogen-bond donors (Lipinski definition) is 1. The van der Waals surface area contributed by atoms with Crippen LogP contribution in [0.15, 0.2) is 41.0 Å². The number of carboxylic acids is 1. The molecule has 2 aromatic rings. The molecule has 3 nitrogen and oxygen atoms in total. The van der Waals surface area contributed by atoms with Gasteiger partial charge in [0.05, 0.1) is 11.8 Å². The van der Waals surface area contributed by atoms with Gasteiger partial charge in [0.15, 0.2) is 0 Å². The lowest BCUT2D eigenvalue weighted by molar-refractivity contribution is 0.0697. The molecule has 0 aliphatic rings. The zero-order valence-electron chi connectivity index (χ0n) is 8.93. The van der Waals surface area contributed by atoms with Crippen molar-refractivity contribution in [1.29, 1.82) is 0 Å². The second kappa shape index (κ2) is 4.23. The van der Waals surface area contributed by atoms with Gasteiger partial charge >= 0.3 is 5.97 Å². The van der Waals surface area contributed by atoms with Crippen LogP contribution in [0, 0.1) is 0 Å². The molecule has 2 rings (SSSR count). The van der Waals surface area contributed by atoms with E-state index >= 15 is 0 Å². The number of carbonyl (C=O) groups is 1. The van der Waals surface area contributed by atoms with E-state index in [2.05, 4.69) is 0 Å². The quantitative estimate of drug-likeness (QED) is 0.857. The Morgan fingerprint density at radius 1 is 1.31 bits per heavy atom. The number of furan rings is 1. The molecule has 0 saturated carbocycles. The summed E-state index contributed by atoms with van der Waals surface area (Å²) in [4.78, 5) is 10.8. The molecule has 82 valence electrons. The molecular weight excluding hydrogens is 204 g/mol. The van der Waals surface area contributed by atoms with Gasteiger partial charge in [-0.05, 0) is 23.8 Å². The lowest BCUT2D eigenvalue weighted by atomic mass is 10.1. The normalized spacial score (nSPS) is 10.3. The minimum absolute atomic E-state index is 0.289. The number of hydrogen-bond acceptors (Lipinski definition) is 2. The summed E-state index contributed by atoms with van der Waals surface area (Å²) in [6, 6.07) is 8.76. The standard InChI is InChI=1S/C13H12O3/c1-2-12-7-11(8-16-12)9-4-3-5-10(6-9)13(14)15/h3-8H,2H2,1H3,(H,14,15). The van der Waals surface area contributed by atoms with E-state index in [0.29, 0.717) is 0 Å². The number of rotatable bonds is 3. The Kier molecular flexibility index (Phi) is 2.77. The highest BCUT2D eigenvalue weighted by molar-refractivity contribution is 5.89. The van der Waals surface area contributed by atoms with Crippen molar-refractivity contribution >= 4 is 5.97 Å². The summed E-state index contributed by atoms with van der Waals surface area (Å²) >= 11 is 0. The predicted molar refractivity (Wildman–Crippen MR) is 60.5 cm³/mol. The van der Waals surface area contributed by atoms with Crippen LogP contribution in [0.2, 0.25) is 0 Å². The lowest BCUT2D eigenvalue weighted by Crippen LogP contribution is -1.95. The number of benzene rings is 1. The second-order valence-electron chi connectivity index (χ2n) is 3.54. The zero-order chi connectivity index (χ0) is 11.5. The Bertz CT molecular complexity index is 511. The summed E-state index contributed by atoms with van der Waals surface area (Å²) in [6.45, 7) is 2.01. The van der Waals surface area contributed by atoms with Crippen LogP contribution in [-0.4, -0.2) is 11.1 Å². The van der Waals surface area contributed by atoms with Crippen LogP contribution >= 0.6 is 0 Å². The third-order valence-electron chi connectivity index (χ3n) is 2.45. The third kappa shape index (κ3) is 1.98. The minimum atomic E-state index is -0.916. The van der Waals surface area contributed by atoms with Crippen LogP contribution in [0.4, 0.5) is 0 Å². The van der Waals surface area contributed by atoms with Gasteiger partial charge in [0.2, 0.25) is 0 Å². The predicted octanol–water partition coefficient (Wildman–Crippen LogP) is 3.21. The summed E-state index contributed by atoms with van der Waals surface area (Å²) in [5, 5.41) is 8.88. The molecule has 0 atom stereocenters. The van der Waals surface area contributed by atoms with Crippen molar-refractivity contribution in [2.45, 2.75) is 13.3 Å². The van der Waals surface area contributed by atoms with E-state index in [1.54, 1.807) is 24.5 Å². The van der Waals surface area contributed by atoms with Gasteiger partial charge in [0.1, 0.15) is 5.76 Å². The molecule has 0 fully saturated rings. The molecule has 1 aromatic heterocycles. The van der Waals surface area contributed by atoms with Gasteiger partial charge in [-0.25, -0.2) is 4.79 Å². The van der Waals surface area contributed by atoms with Crippen LogP contribution < -0.4 is 0 Å². The van der Waals surface area contributed by atoms with Crippen LogP contribution in [0.1, 0.15) is 23.0 Å². The van der Waals surface area contributed by atoms with Crippen LogP contribution in [0.25, 0.3) is 11.1 Å². The van der Waals surface area contributed by atoms with Crippen molar-refractivity contribution in [3.05, 3.63) is 47.9 Å². The van der Waals surface area contributed by atoms with Crippen molar-refractivity contribution in [3.8, 4) is 11.1 Å². The van der Waals surface area contributed by atoms with Gasteiger partial charge in [-0.1, -0.05) is 19.1 Å². The molecule has 1 aromatic carbocycles. The van der Waals surface area contributed by atoms with E-state index < -0.39 is 5.97 Å². The number of carboxylic acid groups (broad SMARTS) is 1. The fraction of sp³-hybridized carbons (Fsp3) is 0.154. The van der Waals surface area contributed by atoms with Gasteiger partial charge in [0, 0.05) is 12.0 Å². The maximum absolute atomic E-state index is 10.8. The molecule has 0 bridgehead atoms. The fourth-order valence-electron chi connectivity index (χ4n) is 1.55. The molecule has 0 saturated heterocycles. The van der Waals surface area contributed by atoms with E-state index in [0.717, 1.165) is 23.3 Å². The maximum Gasteiger partial charge on any atom is 0.335 e. The molecule has 1 N–H and O–H groups in total. The van der Waals surface area contributed by atoms with Gasteiger partial charge in [-0.2, -0.15) is 0 Å². The third-order valence-corrected chi connectivity index (χ3v) is 2.45. The second-order valence-corrected chi connectivity index (χ2v) is 3.54. The Hall–Kier alpha value is -2.03. The first-order valence-corrected chi connectivity index (χ1v) is 5.12. The van der Waals surface area contributed by atoms with E-state index in [1.807, 2.05) is 19.1 Å². The molecule has 16 heavy (non-hydrogen) atoms. The summed E-state index contributed by atoms with van der Waals surface area (Å²) in [7, 11) is 0. The van der Waals surface area contributed by atoms with Gasteiger partial charge in [-0.15, -0.1) is 0 Å². The molecule has 1 heterocycles. The van der Waals surface area contributed by atoms with Crippen molar-refractivity contribution in [2.75, 3.05) is 0 Å². The topological polar surface area (TPSA) is 50.4 Å². The largest absolute Gasteiger partial charge is 0.478 e. The summed E-state index contributed by atoms with van der Waals surface area (Å²) < 4.78 is 5.32. The van der Waals surface area contributed by atoms with E-state index in [4.69, 9.17) is 9.52 Å². The average molecular weight is 216 g/mol. The molecule has 0 amide bonds. The molecule has 0 radical (unpaired) electrons. The fourth-order valence-corrected chi connectivity index (χ4v) is 1.55. The molecule has 0 aliphatic heterocycles. The van der Waals surface area contributed by atoms with Crippen LogP contribution in [0.3, 0.4) is 0 Å². The highest BCUT2D eigenvalue weighted by atomic mass is 16.4. The number of aryl methyl sites for hydroxylation is 1. The lowest BCUT2D eigenvalue weighted by Gasteiger charge is -1.98. The summed E-state index contributed by atoms with van der Waals surface area (Å²) in [6.07, 6.45) is 2.48. The van der Waals surface area contributed by atoms with Gasteiger partial charge < -0.3 is 9.52 Å². The smallest absolute Gasteiger partial charge is 0.335 e.